The fourth-order valence-corrected chi connectivity index (χ4v) is 4.51. The van der Waals surface area contributed by atoms with Crippen LogP contribution in [0.15, 0.2) is 60.7 Å². The minimum atomic E-state index is -0.464. The zero-order valence-corrected chi connectivity index (χ0v) is 16.6. The Hall–Kier alpha value is -3.08. The predicted octanol–water partition coefficient (Wildman–Crippen LogP) is 3.93. The molecule has 4 rings (SSSR count). The molecule has 2 aliphatic rings. The van der Waals surface area contributed by atoms with Gasteiger partial charge < -0.3 is 14.8 Å². The molecular weight excluding hydrogens is 366 g/mol. The molecule has 1 amide bonds. The number of allylic oxidation sites excluding steroid dienone is 1. The Bertz CT molecular complexity index is 950. The van der Waals surface area contributed by atoms with E-state index in [2.05, 4.69) is 11.9 Å². The van der Waals surface area contributed by atoms with Gasteiger partial charge in [0.25, 0.3) is 0 Å². The molecule has 150 valence electrons. The van der Waals surface area contributed by atoms with Crippen molar-refractivity contribution in [1.29, 1.82) is 0 Å². The average Bonchev–Trinajstić information content (AvgIpc) is 3.17. The number of benzene rings is 2. The Labute approximate surface area is 170 Å². The quantitative estimate of drug-likeness (QED) is 0.599. The predicted molar refractivity (Wildman–Crippen MR) is 111 cm³/mol. The zero-order chi connectivity index (χ0) is 20.4. The summed E-state index contributed by atoms with van der Waals surface area (Å²) in [6.45, 7) is 4.58. The highest BCUT2D eigenvalue weighted by atomic mass is 16.5. The third-order valence-corrected chi connectivity index (χ3v) is 5.96. The molecule has 2 aromatic carbocycles. The Morgan fingerprint density at radius 1 is 1.24 bits per heavy atom. The molecule has 5 heteroatoms. The van der Waals surface area contributed by atoms with E-state index in [4.69, 9.17) is 9.47 Å². The van der Waals surface area contributed by atoms with Gasteiger partial charge >= 0.3 is 5.97 Å². The number of rotatable bonds is 6. The number of cyclic esters (lactones) is 1. The molecule has 29 heavy (non-hydrogen) atoms. The number of fused-ring (bicyclic) bond motifs is 1. The molecule has 2 aromatic rings. The van der Waals surface area contributed by atoms with E-state index in [0.717, 1.165) is 34.6 Å². The van der Waals surface area contributed by atoms with Crippen molar-refractivity contribution < 1.29 is 19.1 Å². The summed E-state index contributed by atoms with van der Waals surface area (Å²) in [5.74, 6) is 0.773. The fraction of sp³-hybridized carbons (Fsp3) is 0.333. The standard InChI is InChI=1S/C24H25NO4/c1-16-10-19-15-29-23(27)24(19,13-16)14-17-6-8-20(9-7-17)25-22(26)12-18-4-3-5-21(11-18)28-2/h3-9,11,19H,1,10,12-15H2,2H3,(H,25,26). The van der Waals surface area contributed by atoms with E-state index in [1.807, 2.05) is 48.5 Å². The summed E-state index contributed by atoms with van der Waals surface area (Å²) >= 11 is 0. The lowest BCUT2D eigenvalue weighted by Gasteiger charge is -2.24. The number of hydrogen-bond donors (Lipinski definition) is 1. The maximum Gasteiger partial charge on any atom is 0.313 e. The number of esters is 1. The van der Waals surface area contributed by atoms with Crippen LogP contribution in [0.2, 0.25) is 0 Å². The van der Waals surface area contributed by atoms with Gasteiger partial charge in [-0.1, -0.05) is 36.4 Å². The number of anilines is 1. The van der Waals surface area contributed by atoms with Crippen LogP contribution in [0.1, 0.15) is 24.0 Å². The van der Waals surface area contributed by atoms with Crippen LogP contribution in [0.5, 0.6) is 5.75 Å². The molecule has 0 radical (unpaired) electrons. The van der Waals surface area contributed by atoms with Crippen molar-refractivity contribution in [2.75, 3.05) is 19.0 Å². The van der Waals surface area contributed by atoms with Gasteiger partial charge in [0.2, 0.25) is 5.91 Å². The number of carbonyl (C=O) groups excluding carboxylic acids is 2. The molecule has 1 aliphatic heterocycles. The van der Waals surface area contributed by atoms with Crippen LogP contribution in [0.3, 0.4) is 0 Å². The zero-order valence-electron chi connectivity index (χ0n) is 16.6. The molecule has 1 saturated carbocycles. The van der Waals surface area contributed by atoms with Crippen molar-refractivity contribution in [3.63, 3.8) is 0 Å². The van der Waals surface area contributed by atoms with Gasteiger partial charge in [0, 0.05) is 11.6 Å². The van der Waals surface area contributed by atoms with Gasteiger partial charge in [-0.2, -0.15) is 0 Å². The van der Waals surface area contributed by atoms with Gasteiger partial charge in [0.1, 0.15) is 5.75 Å². The monoisotopic (exact) mass is 391 g/mol. The van der Waals surface area contributed by atoms with E-state index in [0.29, 0.717) is 19.4 Å². The average molecular weight is 391 g/mol. The van der Waals surface area contributed by atoms with E-state index in [9.17, 15) is 9.59 Å². The van der Waals surface area contributed by atoms with Crippen LogP contribution >= 0.6 is 0 Å². The first-order valence-electron chi connectivity index (χ1n) is 9.84. The van der Waals surface area contributed by atoms with Crippen molar-refractivity contribution in [1.82, 2.24) is 0 Å². The highest BCUT2D eigenvalue weighted by molar-refractivity contribution is 5.92. The number of ether oxygens (including phenoxy) is 2. The minimum Gasteiger partial charge on any atom is -0.497 e. The first-order chi connectivity index (χ1) is 14.0. The number of methoxy groups -OCH3 is 1. The molecule has 1 saturated heterocycles. The van der Waals surface area contributed by atoms with Gasteiger partial charge in [0.15, 0.2) is 0 Å². The molecule has 1 aliphatic carbocycles. The molecule has 0 spiro atoms. The third-order valence-electron chi connectivity index (χ3n) is 5.96. The Morgan fingerprint density at radius 3 is 2.79 bits per heavy atom. The fourth-order valence-electron chi connectivity index (χ4n) is 4.51. The second-order valence-electron chi connectivity index (χ2n) is 8.03. The van der Waals surface area contributed by atoms with Crippen LogP contribution in [-0.2, 0) is 27.2 Å². The minimum absolute atomic E-state index is 0.0869. The molecule has 1 heterocycles. The van der Waals surface area contributed by atoms with E-state index in [1.54, 1.807) is 7.11 Å². The Balaban J connectivity index is 1.40. The first kappa shape index (κ1) is 19.2. The van der Waals surface area contributed by atoms with Crippen LogP contribution in [-0.4, -0.2) is 25.6 Å². The summed E-state index contributed by atoms with van der Waals surface area (Å²) in [7, 11) is 1.61. The van der Waals surface area contributed by atoms with E-state index in [-0.39, 0.29) is 24.2 Å². The summed E-state index contributed by atoms with van der Waals surface area (Å²) in [5.41, 5.74) is 3.36. The highest BCUT2D eigenvalue weighted by Crippen LogP contribution is 2.52. The third kappa shape index (κ3) is 3.90. The molecule has 2 atom stereocenters. The number of amides is 1. The summed E-state index contributed by atoms with van der Waals surface area (Å²) in [4.78, 5) is 24.8. The second kappa shape index (κ2) is 7.74. The number of hydrogen-bond acceptors (Lipinski definition) is 4. The van der Waals surface area contributed by atoms with Gasteiger partial charge in [-0.05, 0) is 54.7 Å². The van der Waals surface area contributed by atoms with Crippen molar-refractivity contribution in [3.05, 3.63) is 71.8 Å². The highest BCUT2D eigenvalue weighted by Gasteiger charge is 2.55. The SMILES string of the molecule is C=C1CC2COC(=O)C2(Cc2ccc(NC(=O)Cc3cccc(OC)c3)cc2)C1. The van der Waals surface area contributed by atoms with Crippen LogP contribution in [0, 0.1) is 11.3 Å². The summed E-state index contributed by atoms with van der Waals surface area (Å²) in [5, 5.41) is 2.92. The van der Waals surface area contributed by atoms with Crippen molar-refractivity contribution in [2.24, 2.45) is 11.3 Å². The van der Waals surface area contributed by atoms with E-state index in [1.165, 1.54) is 0 Å². The maximum atomic E-state index is 12.4. The molecule has 1 N–H and O–H groups in total. The number of nitrogens with one attached hydrogen (secondary N) is 1. The largest absolute Gasteiger partial charge is 0.497 e. The van der Waals surface area contributed by atoms with Gasteiger partial charge in [-0.3, -0.25) is 9.59 Å². The van der Waals surface area contributed by atoms with Gasteiger partial charge in [-0.25, -0.2) is 0 Å². The maximum absolute atomic E-state index is 12.4. The van der Waals surface area contributed by atoms with Crippen LogP contribution < -0.4 is 10.1 Å². The summed E-state index contributed by atoms with van der Waals surface area (Å²) in [6, 6.07) is 15.2. The number of carbonyl (C=O) groups is 2. The van der Waals surface area contributed by atoms with Gasteiger partial charge in [-0.15, -0.1) is 0 Å². The van der Waals surface area contributed by atoms with Crippen molar-refractivity contribution in [3.8, 4) is 5.75 Å². The first-order valence-corrected chi connectivity index (χ1v) is 9.84. The summed E-state index contributed by atoms with van der Waals surface area (Å²) in [6.07, 6.45) is 2.49. The lowest BCUT2D eigenvalue weighted by Crippen LogP contribution is -2.31. The molecule has 2 unspecified atom stereocenters. The smallest absolute Gasteiger partial charge is 0.313 e. The lowest BCUT2D eigenvalue weighted by molar-refractivity contribution is -0.146. The molecule has 5 nitrogen and oxygen atoms in total. The molecule has 2 fully saturated rings. The second-order valence-corrected chi connectivity index (χ2v) is 8.03. The van der Waals surface area contributed by atoms with Crippen LogP contribution in [0.4, 0.5) is 5.69 Å². The van der Waals surface area contributed by atoms with E-state index >= 15 is 0 Å². The van der Waals surface area contributed by atoms with Crippen LogP contribution in [0.25, 0.3) is 0 Å². The summed E-state index contributed by atoms with van der Waals surface area (Å²) < 4.78 is 10.5. The molecular formula is C24H25NO4. The van der Waals surface area contributed by atoms with Crippen molar-refractivity contribution in [2.45, 2.75) is 25.7 Å². The van der Waals surface area contributed by atoms with Crippen molar-refractivity contribution >= 4 is 17.6 Å². The normalized spacial score (nSPS) is 22.9. The lowest BCUT2D eigenvalue weighted by atomic mass is 9.75. The van der Waals surface area contributed by atoms with E-state index < -0.39 is 5.41 Å². The van der Waals surface area contributed by atoms with Gasteiger partial charge in [0.05, 0.1) is 25.6 Å². The Kier molecular flexibility index (Phi) is 5.14. The molecule has 0 aromatic heterocycles. The topological polar surface area (TPSA) is 64.6 Å². The molecule has 0 bridgehead atoms. The Morgan fingerprint density at radius 2 is 2.03 bits per heavy atom.